The van der Waals surface area contributed by atoms with Gasteiger partial charge < -0.3 is 9.26 Å². The number of ether oxygens (including phenoxy) is 1. The predicted molar refractivity (Wildman–Crippen MR) is 114 cm³/mol. The molecule has 0 saturated carbocycles. The van der Waals surface area contributed by atoms with E-state index in [1.807, 2.05) is 48.9 Å². The zero-order valence-corrected chi connectivity index (χ0v) is 17.9. The molecule has 150 valence electrons. The molecule has 0 amide bonds. The van der Waals surface area contributed by atoms with Crippen LogP contribution in [0.5, 0.6) is 0 Å². The Balaban J connectivity index is 1.46. The topological polar surface area (TPSA) is 78.1 Å². The van der Waals surface area contributed by atoms with E-state index in [2.05, 4.69) is 16.2 Å². The summed E-state index contributed by atoms with van der Waals surface area (Å²) in [5, 5.41) is 8.79. The van der Waals surface area contributed by atoms with Gasteiger partial charge in [-0.25, -0.2) is 4.98 Å². The molecule has 3 heterocycles. The summed E-state index contributed by atoms with van der Waals surface area (Å²) >= 11 is 3.19. The van der Waals surface area contributed by atoms with Gasteiger partial charge in [-0.05, 0) is 36.4 Å². The molecule has 0 aliphatic rings. The fourth-order valence-corrected chi connectivity index (χ4v) is 4.99. The first-order valence-corrected chi connectivity index (χ1v) is 11.3. The molecule has 0 unspecified atom stereocenters. The fraction of sp³-hybridized carbons (Fsp3) is 0.333. The number of fused-ring (bicyclic) bond motifs is 1. The smallest absolute Gasteiger partial charge is 0.312 e. The van der Waals surface area contributed by atoms with Gasteiger partial charge >= 0.3 is 5.97 Å². The number of para-hydroxylation sites is 1. The van der Waals surface area contributed by atoms with Crippen LogP contribution in [0.2, 0.25) is 0 Å². The molecule has 6 nitrogen and oxygen atoms in total. The van der Waals surface area contributed by atoms with Crippen molar-refractivity contribution >= 4 is 38.9 Å². The number of benzene rings is 1. The van der Waals surface area contributed by atoms with Crippen LogP contribution in [0.4, 0.5) is 0 Å². The van der Waals surface area contributed by atoms with Crippen molar-refractivity contribution in [2.75, 3.05) is 0 Å². The summed E-state index contributed by atoms with van der Waals surface area (Å²) in [6.07, 6.45) is 1.90. The molecule has 1 aromatic carbocycles. The highest BCUT2D eigenvalue weighted by atomic mass is 32.1. The molecule has 0 radical (unpaired) electrons. The van der Waals surface area contributed by atoms with Crippen molar-refractivity contribution in [3.8, 4) is 11.4 Å². The van der Waals surface area contributed by atoms with Crippen LogP contribution < -0.4 is 0 Å². The average Bonchev–Trinajstić information content (AvgIpc) is 3.50. The molecule has 4 rings (SSSR count). The maximum Gasteiger partial charge on any atom is 0.312 e. The average molecular weight is 428 g/mol. The normalized spacial score (nSPS) is 11.8. The van der Waals surface area contributed by atoms with Gasteiger partial charge in [-0.15, -0.1) is 11.3 Å². The number of hydrogen-bond acceptors (Lipinski definition) is 8. The van der Waals surface area contributed by atoms with Crippen LogP contribution in [0.25, 0.3) is 21.6 Å². The Hall–Kier alpha value is -2.58. The highest BCUT2D eigenvalue weighted by Crippen LogP contribution is 2.35. The lowest BCUT2D eigenvalue weighted by Crippen LogP contribution is -2.34. The van der Waals surface area contributed by atoms with Crippen LogP contribution in [0.3, 0.4) is 0 Å². The maximum absolute atomic E-state index is 13.0. The number of thiazole rings is 1. The molecular formula is C21H21N3O3S2. The summed E-state index contributed by atoms with van der Waals surface area (Å²) < 4.78 is 12.0. The third kappa shape index (κ3) is 4.09. The van der Waals surface area contributed by atoms with Crippen molar-refractivity contribution in [1.29, 1.82) is 0 Å². The van der Waals surface area contributed by atoms with Crippen LogP contribution in [0.15, 0.2) is 45.6 Å². The Morgan fingerprint density at radius 1 is 1.17 bits per heavy atom. The van der Waals surface area contributed by atoms with Crippen LogP contribution in [-0.4, -0.2) is 21.1 Å². The van der Waals surface area contributed by atoms with Gasteiger partial charge in [-0.3, -0.25) is 4.79 Å². The number of rotatable bonds is 8. The molecule has 0 atom stereocenters. The number of aromatic nitrogens is 3. The largest absolute Gasteiger partial charge is 0.455 e. The molecule has 0 aliphatic carbocycles. The van der Waals surface area contributed by atoms with Gasteiger partial charge in [0.25, 0.3) is 5.89 Å². The number of thiophene rings is 1. The van der Waals surface area contributed by atoms with E-state index < -0.39 is 5.41 Å². The van der Waals surface area contributed by atoms with E-state index >= 15 is 0 Å². The van der Waals surface area contributed by atoms with Gasteiger partial charge in [0.2, 0.25) is 5.82 Å². The zero-order valence-electron chi connectivity index (χ0n) is 16.3. The lowest BCUT2D eigenvalue weighted by molar-refractivity contribution is -0.158. The summed E-state index contributed by atoms with van der Waals surface area (Å²) in [7, 11) is 0. The van der Waals surface area contributed by atoms with E-state index in [0.29, 0.717) is 31.0 Å². The number of hydrogen-bond donors (Lipinski definition) is 0. The summed E-state index contributed by atoms with van der Waals surface area (Å²) in [5.74, 6) is 0.543. The minimum absolute atomic E-state index is 0.0302. The SMILES string of the molecule is CCC(CC)(Cc1nc2ccccc2s1)C(=O)OCc1nc(-c2ccsc2)no1. The Morgan fingerprint density at radius 3 is 2.72 bits per heavy atom. The number of carbonyl (C=O) groups excluding carboxylic acids is 1. The molecule has 0 saturated heterocycles. The zero-order chi connectivity index (χ0) is 20.3. The molecule has 0 spiro atoms. The van der Waals surface area contributed by atoms with Crippen molar-refractivity contribution in [2.24, 2.45) is 5.41 Å². The lowest BCUT2D eigenvalue weighted by atomic mass is 9.79. The Kier molecular flexibility index (Phi) is 5.73. The van der Waals surface area contributed by atoms with Gasteiger partial charge in [0.1, 0.15) is 0 Å². The van der Waals surface area contributed by atoms with E-state index in [0.717, 1.165) is 20.8 Å². The Labute approximate surface area is 176 Å². The first kappa shape index (κ1) is 19.7. The predicted octanol–water partition coefficient (Wildman–Crippen LogP) is 5.50. The van der Waals surface area contributed by atoms with Crippen LogP contribution in [-0.2, 0) is 22.6 Å². The maximum atomic E-state index is 13.0. The molecule has 3 aromatic heterocycles. The number of nitrogens with zero attached hydrogens (tertiary/aromatic N) is 3. The van der Waals surface area contributed by atoms with Gasteiger partial charge in [-0.1, -0.05) is 31.1 Å². The highest BCUT2D eigenvalue weighted by Gasteiger charge is 2.38. The fourth-order valence-electron chi connectivity index (χ4n) is 3.25. The van der Waals surface area contributed by atoms with Crippen molar-refractivity contribution in [1.82, 2.24) is 15.1 Å². The second-order valence-electron chi connectivity index (χ2n) is 6.84. The summed E-state index contributed by atoms with van der Waals surface area (Å²) in [6.45, 7) is 4.00. The third-order valence-corrected chi connectivity index (χ3v) is 6.91. The molecule has 0 N–H and O–H groups in total. The Bertz CT molecular complexity index is 1060. The van der Waals surface area contributed by atoms with Crippen LogP contribution in [0.1, 0.15) is 37.6 Å². The van der Waals surface area contributed by atoms with Crippen molar-refractivity contribution in [3.63, 3.8) is 0 Å². The van der Waals surface area contributed by atoms with Gasteiger partial charge in [-0.2, -0.15) is 16.3 Å². The molecule has 4 aromatic rings. The molecule has 0 bridgehead atoms. The van der Waals surface area contributed by atoms with E-state index in [4.69, 9.17) is 14.2 Å². The van der Waals surface area contributed by atoms with Crippen molar-refractivity contribution in [3.05, 3.63) is 52.0 Å². The van der Waals surface area contributed by atoms with E-state index in [1.54, 1.807) is 22.7 Å². The molecule has 29 heavy (non-hydrogen) atoms. The summed E-state index contributed by atoms with van der Waals surface area (Å²) in [4.78, 5) is 22.0. The number of esters is 1. The van der Waals surface area contributed by atoms with Gasteiger partial charge in [0.15, 0.2) is 6.61 Å². The van der Waals surface area contributed by atoms with Gasteiger partial charge in [0.05, 0.1) is 20.6 Å². The Morgan fingerprint density at radius 2 is 2.00 bits per heavy atom. The minimum Gasteiger partial charge on any atom is -0.455 e. The van der Waals surface area contributed by atoms with E-state index in [-0.39, 0.29) is 12.6 Å². The monoisotopic (exact) mass is 427 g/mol. The lowest BCUT2D eigenvalue weighted by Gasteiger charge is -2.28. The molecule has 0 aliphatic heterocycles. The third-order valence-electron chi connectivity index (χ3n) is 5.19. The first-order valence-electron chi connectivity index (χ1n) is 9.50. The molecular weight excluding hydrogens is 406 g/mol. The summed E-state index contributed by atoms with van der Waals surface area (Å²) in [5.41, 5.74) is 1.24. The molecule has 8 heteroatoms. The second kappa shape index (κ2) is 8.42. The molecule has 0 fully saturated rings. The minimum atomic E-state index is -0.621. The van der Waals surface area contributed by atoms with Crippen LogP contribution >= 0.6 is 22.7 Å². The summed E-state index contributed by atoms with van der Waals surface area (Å²) in [6, 6.07) is 9.94. The second-order valence-corrected chi connectivity index (χ2v) is 8.73. The van der Waals surface area contributed by atoms with E-state index in [9.17, 15) is 4.79 Å². The van der Waals surface area contributed by atoms with Gasteiger partial charge in [0, 0.05) is 17.4 Å². The standard InChI is InChI=1S/C21H21N3O3S2/c1-3-21(4-2,11-18-22-15-7-5-6-8-16(15)29-18)20(25)26-12-17-23-19(24-27-17)14-9-10-28-13-14/h5-10,13H,3-4,11-12H2,1-2H3. The quantitative estimate of drug-likeness (QED) is 0.346. The number of carbonyl (C=O) groups is 1. The highest BCUT2D eigenvalue weighted by molar-refractivity contribution is 7.18. The van der Waals surface area contributed by atoms with E-state index in [1.165, 1.54) is 0 Å². The van der Waals surface area contributed by atoms with Crippen molar-refractivity contribution in [2.45, 2.75) is 39.7 Å². The first-order chi connectivity index (χ1) is 14.1. The van der Waals surface area contributed by atoms with Crippen LogP contribution in [0, 0.1) is 5.41 Å². The van der Waals surface area contributed by atoms with Crippen molar-refractivity contribution < 1.29 is 14.1 Å².